The number of imide groups is 1. The lowest BCUT2D eigenvalue weighted by Crippen LogP contribution is -2.48. The molecule has 8 heteroatoms. The van der Waals surface area contributed by atoms with Crippen molar-refractivity contribution in [3.8, 4) is 0 Å². The number of methoxy groups -OCH3 is 1. The van der Waals surface area contributed by atoms with Crippen LogP contribution in [0.3, 0.4) is 0 Å². The summed E-state index contributed by atoms with van der Waals surface area (Å²) in [6.07, 6.45) is 1.77. The maximum Gasteiger partial charge on any atom is 0.277 e. The van der Waals surface area contributed by atoms with Gasteiger partial charge in [0.2, 0.25) is 0 Å². The van der Waals surface area contributed by atoms with Crippen LogP contribution in [0, 0.1) is 0 Å². The molecular formula is C22H23ClN4O3. The normalized spacial score (nSPS) is 17.3. The van der Waals surface area contributed by atoms with E-state index in [1.54, 1.807) is 37.6 Å². The van der Waals surface area contributed by atoms with E-state index >= 15 is 0 Å². The summed E-state index contributed by atoms with van der Waals surface area (Å²) in [7, 11) is 1.55. The fourth-order valence-electron chi connectivity index (χ4n) is 3.82. The van der Waals surface area contributed by atoms with Gasteiger partial charge in [-0.1, -0.05) is 29.8 Å². The van der Waals surface area contributed by atoms with Crippen LogP contribution in [-0.4, -0.2) is 73.0 Å². The van der Waals surface area contributed by atoms with Gasteiger partial charge in [-0.3, -0.25) is 14.5 Å². The molecule has 0 atom stereocenters. The van der Waals surface area contributed by atoms with Gasteiger partial charge < -0.3 is 14.5 Å². The summed E-state index contributed by atoms with van der Waals surface area (Å²) >= 11 is 6.02. The molecule has 2 aliphatic heterocycles. The zero-order chi connectivity index (χ0) is 21.1. The summed E-state index contributed by atoms with van der Waals surface area (Å²) in [6, 6.07) is 12.9. The van der Waals surface area contributed by atoms with Gasteiger partial charge in [0.05, 0.1) is 18.7 Å². The molecule has 2 aliphatic rings. The highest BCUT2D eigenvalue weighted by Crippen LogP contribution is 2.33. The number of anilines is 1. The van der Waals surface area contributed by atoms with E-state index in [0.29, 0.717) is 54.6 Å². The van der Waals surface area contributed by atoms with E-state index < -0.39 is 0 Å². The van der Waals surface area contributed by atoms with Gasteiger partial charge in [0.25, 0.3) is 11.8 Å². The van der Waals surface area contributed by atoms with Crippen molar-refractivity contribution in [1.82, 2.24) is 14.8 Å². The number of pyridine rings is 1. The van der Waals surface area contributed by atoms with Crippen LogP contribution >= 0.6 is 11.6 Å². The molecule has 0 spiro atoms. The number of benzene rings is 1. The number of rotatable bonds is 6. The molecular weight excluding hydrogens is 404 g/mol. The predicted molar refractivity (Wildman–Crippen MR) is 115 cm³/mol. The lowest BCUT2D eigenvalue weighted by molar-refractivity contribution is -0.138. The van der Waals surface area contributed by atoms with Gasteiger partial charge in [0, 0.05) is 44.5 Å². The molecule has 1 fully saturated rings. The van der Waals surface area contributed by atoms with Crippen molar-refractivity contribution < 1.29 is 14.3 Å². The Balaban J connectivity index is 1.62. The first-order valence-corrected chi connectivity index (χ1v) is 10.2. The van der Waals surface area contributed by atoms with Crippen LogP contribution in [0.2, 0.25) is 5.02 Å². The van der Waals surface area contributed by atoms with Crippen molar-refractivity contribution in [3.63, 3.8) is 0 Å². The van der Waals surface area contributed by atoms with E-state index in [0.717, 1.165) is 5.82 Å². The first-order valence-electron chi connectivity index (χ1n) is 9.86. The number of carbonyl (C=O) groups is 2. The Morgan fingerprint density at radius 3 is 2.30 bits per heavy atom. The Hall–Kier alpha value is -2.90. The molecule has 0 unspecified atom stereocenters. The number of ether oxygens (including phenoxy) is 1. The number of hydrogen-bond acceptors (Lipinski definition) is 6. The molecule has 3 heterocycles. The van der Waals surface area contributed by atoms with Crippen LogP contribution in [0.25, 0.3) is 5.57 Å². The molecule has 7 nitrogen and oxygen atoms in total. The lowest BCUT2D eigenvalue weighted by Gasteiger charge is -2.37. The fraction of sp³-hybridized carbons (Fsp3) is 0.318. The molecule has 2 aromatic rings. The minimum atomic E-state index is -0.290. The zero-order valence-electron chi connectivity index (χ0n) is 16.8. The maximum atomic E-state index is 13.2. The monoisotopic (exact) mass is 426 g/mol. The standard InChI is InChI=1S/C22H23ClN4O3/c1-30-15-14-27-21(28)19(16-5-7-17(23)8-6-16)20(22(27)29)26-12-10-25(11-13-26)18-4-2-3-9-24-18/h2-9H,10-15H2,1H3. The molecule has 0 aliphatic carbocycles. The molecule has 0 bridgehead atoms. The number of aromatic nitrogens is 1. The summed E-state index contributed by atoms with van der Waals surface area (Å²) in [5, 5.41) is 0.581. The Kier molecular flexibility index (Phi) is 6.01. The number of halogens is 1. The first kappa shape index (κ1) is 20.4. The van der Waals surface area contributed by atoms with E-state index in [9.17, 15) is 9.59 Å². The summed E-state index contributed by atoms with van der Waals surface area (Å²) in [5.74, 6) is 0.356. The van der Waals surface area contributed by atoms with E-state index in [1.165, 1.54) is 4.90 Å². The van der Waals surface area contributed by atoms with Crippen molar-refractivity contribution in [2.24, 2.45) is 0 Å². The van der Waals surface area contributed by atoms with Crippen molar-refractivity contribution in [2.45, 2.75) is 0 Å². The lowest BCUT2D eigenvalue weighted by atomic mass is 10.0. The third kappa shape index (κ3) is 3.91. The molecule has 1 aromatic carbocycles. The second-order valence-electron chi connectivity index (χ2n) is 7.15. The van der Waals surface area contributed by atoms with Crippen LogP contribution < -0.4 is 4.90 Å². The third-order valence-corrected chi connectivity index (χ3v) is 5.62. The fourth-order valence-corrected chi connectivity index (χ4v) is 3.94. The first-order chi connectivity index (χ1) is 14.6. The number of piperazine rings is 1. The highest BCUT2D eigenvalue weighted by atomic mass is 35.5. The molecule has 156 valence electrons. The summed E-state index contributed by atoms with van der Waals surface area (Å²) < 4.78 is 5.09. The van der Waals surface area contributed by atoms with Crippen LogP contribution in [0.4, 0.5) is 5.82 Å². The smallest absolute Gasteiger partial charge is 0.277 e. The average Bonchev–Trinajstić information content (AvgIpc) is 3.03. The van der Waals surface area contributed by atoms with Gasteiger partial charge >= 0.3 is 0 Å². The molecule has 0 radical (unpaired) electrons. The molecule has 30 heavy (non-hydrogen) atoms. The Labute approximate surface area is 180 Å². The second-order valence-corrected chi connectivity index (χ2v) is 7.58. The number of hydrogen-bond donors (Lipinski definition) is 0. The maximum absolute atomic E-state index is 13.2. The van der Waals surface area contributed by atoms with Crippen LogP contribution in [0.1, 0.15) is 5.56 Å². The number of nitrogens with zero attached hydrogens (tertiary/aromatic N) is 4. The average molecular weight is 427 g/mol. The summed E-state index contributed by atoms with van der Waals surface area (Å²) in [5.41, 5.74) is 1.58. The highest BCUT2D eigenvalue weighted by molar-refractivity contribution is 6.36. The quantitative estimate of drug-likeness (QED) is 0.660. The highest BCUT2D eigenvalue weighted by Gasteiger charge is 2.41. The van der Waals surface area contributed by atoms with Crippen LogP contribution in [0.15, 0.2) is 54.4 Å². The summed E-state index contributed by atoms with van der Waals surface area (Å²) in [6.45, 7) is 3.21. The second kappa shape index (κ2) is 8.85. The van der Waals surface area contributed by atoms with Crippen molar-refractivity contribution in [1.29, 1.82) is 0 Å². The molecule has 0 N–H and O–H groups in total. The van der Waals surface area contributed by atoms with E-state index in [2.05, 4.69) is 9.88 Å². The Bertz CT molecular complexity index is 954. The minimum absolute atomic E-state index is 0.225. The van der Waals surface area contributed by atoms with E-state index in [-0.39, 0.29) is 18.4 Å². The van der Waals surface area contributed by atoms with E-state index in [4.69, 9.17) is 16.3 Å². The van der Waals surface area contributed by atoms with Crippen LogP contribution in [-0.2, 0) is 14.3 Å². The van der Waals surface area contributed by atoms with Gasteiger partial charge in [0.1, 0.15) is 11.5 Å². The molecule has 1 saturated heterocycles. The van der Waals surface area contributed by atoms with Crippen molar-refractivity contribution in [2.75, 3.05) is 51.3 Å². The Morgan fingerprint density at radius 1 is 0.967 bits per heavy atom. The third-order valence-electron chi connectivity index (χ3n) is 5.36. The largest absolute Gasteiger partial charge is 0.383 e. The SMILES string of the molecule is COCCN1C(=O)C(c2ccc(Cl)cc2)=C(N2CCN(c3ccccn3)CC2)C1=O. The van der Waals surface area contributed by atoms with E-state index in [1.807, 2.05) is 23.1 Å². The number of carbonyl (C=O) groups excluding carboxylic acids is 2. The van der Waals surface area contributed by atoms with Gasteiger partial charge in [-0.15, -0.1) is 0 Å². The van der Waals surface area contributed by atoms with Crippen molar-refractivity contribution >= 4 is 34.8 Å². The van der Waals surface area contributed by atoms with Crippen molar-refractivity contribution in [3.05, 3.63) is 64.9 Å². The topological polar surface area (TPSA) is 66.0 Å². The predicted octanol–water partition coefficient (Wildman–Crippen LogP) is 2.28. The molecule has 4 rings (SSSR count). The van der Waals surface area contributed by atoms with Gasteiger partial charge in [-0.25, -0.2) is 4.98 Å². The summed E-state index contributed by atoms with van der Waals surface area (Å²) in [4.78, 5) is 36.3. The zero-order valence-corrected chi connectivity index (χ0v) is 17.5. The number of amides is 2. The molecule has 2 amide bonds. The molecule has 0 saturated carbocycles. The van der Waals surface area contributed by atoms with Gasteiger partial charge in [-0.2, -0.15) is 0 Å². The minimum Gasteiger partial charge on any atom is -0.383 e. The van der Waals surface area contributed by atoms with Gasteiger partial charge in [-0.05, 0) is 29.8 Å². The Morgan fingerprint density at radius 2 is 1.67 bits per heavy atom. The van der Waals surface area contributed by atoms with Crippen LogP contribution in [0.5, 0.6) is 0 Å². The molecule has 1 aromatic heterocycles. The van der Waals surface area contributed by atoms with Gasteiger partial charge in [0.15, 0.2) is 0 Å².